The Labute approximate surface area is 150 Å². The van der Waals surface area contributed by atoms with Crippen molar-refractivity contribution in [1.82, 2.24) is 10.3 Å². The van der Waals surface area contributed by atoms with E-state index in [9.17, 15) is 4.79 Å². The minimum atomic E-state index is -0.179. The smallest absolute Gasteiger partial charge is 0.272 e. The number of hydrogen-bond acceptors (Lipinski definition) is 3. The van der Waals surface area contributed by atoms with Crippen LogP contribution in [0.2, 0.25) is 0 Å². The van der Waals surface area contributed by atoms with Crippen LogP contribution in [0.25, 0.3) is 0 Å². The molecule has 0 atom stereocenters. The third-order valence-electron chi connectivity index (χ3n) is 4.12. The Morgan fingerprint density at radius 1 is 1.04 bits per heavy atom. The topological polar surface area (TPSA) is 44.7 Å². The lowest BCUT2D eigenvalue weighted by atomic mass is 10.1. The van der Waals surface area contributed by atoms with Crippen molar-refractivity contribution in [2.24, 2.45) is 5.10 Å². The average molecular weight is 386 g/mol. The van der Waals surface area contributed by atoms with Crippen LogP contribution in [0, 0.1) is 0 Å². The molecular weight excluding hydrogens is 366 g/mol. The zero-order valence-corrected chi connectivity index (χ0v) is 15.0. The lowest BCUT2D eigenvalue weighted by molar-refractivity contribution is 0.0953. The number of amides is 1. The van der Waals surface area contributed by atoms with Gasteiger partial charge in [0.15, 0.2) is 0 Å². The second kappa shape index (κ2) is 8.22. The number of piperidine rings is 1. The summed E-state index contributed by atoms with van der Waals surface area (Å²) in [6.07, 6.45) is 1.78. The van der Waals surface area contributed by atoms with E-state index in [2.05, 4.69) is 55.6 Å². The lowest BCUT2D eigenvalue weighted by Crippen LogP contribution is -2.34. The van der Waals surface area contributed by atoms with Gasteiger partial charge in [-0.3, -0.25) is 9.69 Å². The molecule has 1 amide bonds. The van der Waals surface area contributed by atoms with Gasteiger partial charge >= 0.3 is 0 Å². The summed E-state index contributed by atoms with van der Waals surface area (Å²) in [7, 11) is 0. The Hall–Kier alpha value is -1.98. The molecule has 4 nitrogen and oxygen atoms in total. The number of nitrogens with one attached hydrogen (secondary N) is 1. The number of benzene rings is 2. The molecule has 0 saturated carbocycles. The van der Waals surface area contributed by atoms with Crippen molar-refractivity contribution < 1.29 is 4.79 Å². The fourth-order valence-corrected chi connectivity index (χ4v) is 3.22. The molecule has 1 aliphatic heterocycles. The summed E-state index contributed by atoms with van der Waals surface area (Å²) in [5, 5.41) is 4.31. The maximum atomic E-state index is 12.2. The molecule has 5 heteroatoms. The van der Waals surface area contributed by atoms with Gasteiger partial charge in [0, 0.05) is 42.7 Å². The highest BCUT2D eigenvalue weighted by molar-refractivity contribution is 9.10. The Bertz CT molecular complexity index is 720. The van der Waals surface area contributed by atoms with E-state index in [1.165, 1.54) is 5.56 Å². The van der Waals surface area contributed by atoms with Gasteiger partial charge in [0.25, 0.3) is 5.91 Å². The van der Waals surface area contributed by atoms with E-state index in [0.29, 0.717) is 5.56 Å². The first-order valence-electron chi connectivity index (χ1n) is 8.09. The molecule has 1 N–H and O–H groups in total. The highest BCUT2D eigenvalue weighted by Gasteiger charge is 2.16. The molecule has 0 unspecified atom stereocenters. The number of carbonyl (C=O) groups is 1. The summed E-state index contributed by atoms with van der Waals surface area (Å²) in [6.45, 7) is 2.91. The first-order chi connectivity index (χ1) is 11.7. The molecule has 2 aromatic carbocycles. The predicted molar refractivity (Wildman–Crippen MR) is 100.0 cm³/mol. The zero-order chi connectivity index (χ0) is 16.8. The van der Waals surface area contributed by atoms with Crippen molar-refractivity contribution in [3.8, 4) is 0 Å². The highest BCUT2D eigenvalue weighted by atomic mass is 79.9. The lowest BCUT2D eigenvalue weighted by Gasteiger charge is -2.27. The molecule has 1 aliphatic rings. The van der Waals surface area contributed by atoms with Gasteiger partial charge in [-0.2, -0.15) is 5.10 Å². The Morgan fingerprint density at radius 2 is 1.71 bits per heavy atom. The van der Waals surface area contributed by atoms with Gasteiger partial charge < -0.3 is 0 Å². The van der Waals surface area contributed by atoms with E-state index < -0.39 is 0 Å². The van der Waals surface area contributed by atoms with Crippen molar-refractivity contribution in [2.45, 2.75) is 19.4 Å². The Kier molecular flexibility index (Phi) is 5.77. The van der Waals surface area contributed by atoms with Crippen LogP contribution in [0.1, 0.15) is 28.8 Å². The normalized spacial score (nSPS) is 15.1. The second-order valence-corrected chi connectivity index (χ2v) is 6.71. The molecule has 0 spiro atoms. The van der Waals surface area contributed by atoms with Gasteiger partial charge in [-0.1, -0.05) is 42.5 Å². The number of rotatable bonds is 4. The van der Waals surface area contributed by atoms with Crippen LogP contribution in [-0.4, -0.2) is 29.6 Å². The summed E-state index contributed by atoms with van der Waals surface area (Å²) in [6, 6.07) is 17.9. The van der Waals surface area contributed by atoms with Gasteiger partial charge in [0.1, 0.15) is 0 Å². The number of hydrogen-bond donors (Lipinski definition) is 1. The summed E-state index contributed by atoms with van der Waals surface area (Å²) < 4.78 is 0.778. The van der Waals surface area contributed by atoms with Crippen molar-refractivity contribution in [1.29, 1.82) is 0 Å². The SMILES string of the molecule is O=C(NN=C1CCN(Cc2ccccc2)CC1)c1ccccc1Br. The molecule has 1 saturated heterocycles. The van der Waals surface area contributed by atoms with Gasteiger partial charge in [0.2, 0.25) is 0 Å². The first-order valence-corrected chi connectivity index (χ1v) is 8.88. The number of likely N-dealkylation sites (tertiary alicyclic amines) is 1. The molecule has 1 heterocycles. The summed E-state index contributed by atoms with van der Waals surface area (Å²) in [5.41, 5.74) is 5.66. The fourth-order valence-electron chi connectivity index (χ4n) is 2.76. The molecule has 0 aliphatic carbocycles. The number of carbonyl (C=O) groups excluding carboxylic acids is 1. The van der Waals surface area contributed by atoms with E-state index in [4.69, 9.17) is 0 Å². The molecule has 0 radical (unpaired) electrons. The van der Waals surface area contributed by atoms with E-state index in [1.807, 2.05) is 24.3 Å². The molecule has 2 aromatic rings. The fraction of sp³-hybridized carbons (Fsp3) is 0.263. The van der Waals surface area contributed by atoms with Gasteiger partial charge in [-0.15, -0.1) is 0 Å². The average Bonchev–Trinajstić information content (AvgIpc) is 2.62. The quantitative estimate of drug-likeness (QED) is 0.812. The van der Waals surface area contributed by atoms with E-state index in [0.717, 1.165) is 42.7 Å². The maximum Gasteiger partial charge on any atom is 0.272 e. The molecule has 0 aromatic heterocycles. The zero-order valence-electron chi connectivity index (χ0n) is 13.4. The van der Waals surface area contributed by atoms with Crippen LogP contribution in [0.15, 0.2) is 64.2 Å². The molecular formula is C19H20BrN3O. The second-order valence-electron chi connectivity index (χ2n) is 5.86. The molecule has 0 bridgehead atoms. The Morgan fingerprint density at radius 3 is 2.42 bits per heavy atom. The highest BCUT2D eigenvalue weighted by Crippen LogP contribution is 2.16. The predicted octanol–water partition coefficient (Wildman–Crippen LogP) is 3.83. The summed E-state index contributed by atoms with van der Waals surface area (Å²) in [5.74, 6) is -0.179. The van der Waals surface area contributed by atoms with Crippen molar-refractivity contribution in [3.05, 3.63) is 70.2 Å². The monoisotopic (exact) mass is 385 g/mol. The van der Waals surface area contributed by atoms with Gasteiger partial charge in [-0.25, -0.2) is 5.43 Å². The molecule has 3 rings (SSSR count). The van der Waals surface area contributed by atoms with E-state index in [1.54, 1.807) is 6.07 Å². The molecule has 24 heavy (non-hydrogen) atoms. The van der Waals surface area contributed by atoms with Crippen LogP contribution in [0.4, 0.5) is 0 Å². The minimum absolute atomic E-state index is 0.179. The summed E-state index contributed by atoms with van der Waals surface area (Å²) >= 11 is 3.39. The maximum absolute atomic E-state index is 12.2. The summed E-state index contributed by atoms with van der Waals surface area (Å²) in [4.78, 5) is 14.6. The standard InChI is InChI=1S/C19H20BrN3O/c20-18-9-5-4-8-17(18)19(24)22-21-16-10-12-23(13-11-16)14-15-6-2-1-3-7-15/h1-9H,10-14H2,(H,22,24). The third kappa shape index (κ3) is 4.52. The van der Waals surface area contributed by atoms with E-state index >= 15 is 0 Å². The van der Waals surface area contributed by atoms with Gasteiger partial charge in [-0.05, 0) is 33.6 Å². The first kappa shape index (κ1) is 16.9. The van der Waals surface area contributed by atoms with Crippen molar-refractivity contribution in [3.63, 3.8) is 0 Å². The number of hydrazone groups is 1. The number of halogens is 1. The van der Waals surface area contributed by atoms with E-state index in [-0.39, 0.29) is 5.91 Å². The van der Waals surface area contributed by atoms with Crippen LogP contribution in [-0.2, 0) is 6.54 Å². The van der Waals surface area contributed by atoms with Gasteiger partial charge in [0.05, 0.1) is 5.56 Å². The Balaban J connectivity index is 1.50. The molecule has 1 fully saturated rings. The van der Waals surface area contributed by atoms with Crippen molar-refractivity contribution in [2.75, 3.05) is 13.1 Å². The van der Waals surface area contributed by atoms with Crippen molar-refractivity contribution >= 4 is 27.5 Å². The number of nitrogens with zero attached hydrogens (tertiary/aromatic N) is 2. The largest absolute Gasteiger partial charge is 0.298 e. The van der Waals surface area contributed by atoms with Crippen LogP contribution in [0.5, 0.6) is 0 Å². The third-order valence-corrected chi connectivity index (χ3v) is 4.81. The van der Waals surface area contributed by atoms with Crippen LogP contribution in [0.3, 0.4) is 0 Å². The van der Waals surface area contributed by atoms with Crippen LogP contribution < -0.4 is 5.43 Å². The minimum Gasteiger partial charge on any atom is -0.298 e. The van der Waals surface area contributed by atoms with Crippen LogP contribution >= 0.6 is 15.9 Å². The molecule has 124 valence electrons.